The number of hydrogen-bond acceptors (Lipinski definition) is 3. The normalized spacial score (nSPS) is 11.2. The lowest BCUT2D eigenvalue weighted by atomic mass is 10.2. The molecule has 0 atom stereocenters. The van der Waals surface area contributed by atoms with Gasteiger partial charge < -0.3 is 10.3 Å². The van der Waals surface area contributed by atoms with Gasteiger partial charge in [-0.05, 0) is 26.0 Å². The summed E-state index contributed by atoms with van der Waals surface area (Å²) in [5.74, 6) is 1.42. The number of benzene rings is 1. The average Bonchev–Trinajstić information content (AvgIpc) is 2.76. The maximum atomic E-state index is 6.21. The van der Waals surface area contributed by atoms with Crippen molar-refractivity contribution >= 4 is 23.2 Å². The van der Waals surface area contributed by atoms with E-state index in [0.717, 1.165) is 11.4 Å². The molecular weight excluding hydrogens is 271 g/mol. The van der Waals surface area contributed by atoms with E-state index in [1.165, 1.54) is 0 Å². The van der Waals surface area contributed by atoms with Gasteiger partial charge in [0.25, 0.3) is 0 Å². The fourth-order valence-corrected chi connectivity index (χ4v) is 2.25. The van der Waals surface area contributed by atoms with E-state index in [1.807, 2.05) is 30.5 Å². The van der Waals surface area contributed by atoms with Crippen LogP contribution in [0.3, 0.4) is 0 Å². The summed E-state index contributed by atoms with van der Waals surface area (Å²) >= 11 is 12.2. The predicted octanol–water partition coefficient (Wildman–Crippen LogP) is 3.29. The Morgan fingerprint density at radius 3 is 2.61 bits per heavy atom. The van der Waals surface area contributed by atoms with E-state index < -0.39 is 0 Å². The Kier molecular flexibility index (Phi) is 3.90. The van der Waals surface area contributed by atoms with Gasteiger partial charge in [0.1, 0.15) is 5.82 Å². The maximum Gasteiger partial charge on any atom is 0.165 e. The van der Waals surface area contributed by atoms with E-state index in [2.05, 4.69) is 10.2 Å². The third-order valence-corrected chi connectivity index (χ3v) is 3.48. The van der Waals surface area contributed by atoms with Crippen LogP contribution >= 0.6 is 23.2 Å². The van der Waals surface area contributed by atoms with Crippen molar-refractivity contribution in [2.24, 2.45) is 5.73 Å². The average molecular weight is 285 g/mol. The number of hydrogen-bond donors (Lipinski definition) is 1. The van der Waals surface area contributed by atoms with Crippen LogP contribution in [-0.4, -0.2) is 14.8 Å². The zero-order valence-corrected chi connectivity index (χ0v) is 11.7. The molecule has 0 aliphatic rings. The van der Waals surface area contributed by atoms with Gasteiger partial charge >= 0.3 is 0 Å². The fourth-order valence-electron chi connectivity index (χ4n) is 1.87. The summed E-state index contributed by atoms with van der Waals surface area (Å²) < 4.78 is 1.97. The summed E-state index contributed by atoms with van der Waals surface area (Å²) in [7, 11) is 0. The minimum absolute atomic E-state index is 0.198. The lowest BCUT2D eigenvalue weighted by Crippen LogP contribution is -2.11. The third kappa shape index (κ3) is 2.23. The molecule has 1 aromatic carbocycles. The van der Waals surface area contributed by atoms with Crippen molar-refractivity contribution < 1.29 is 0 Å². The van der Waals surface area contributed by atoms with Crippen molar-refractivity contribution in [3.8, 4) is 11.4 Å². The highest BCUT2D eigenvalue weighted by atomic mass is 35.5. The Bertz CT molecular complexity index is 563. The van der Waals surface area contributed by atoms with Crippen LogP contribution in [0.5, 0.6) is 0 Å². The van der Waals surface area contributed by atoms with Gasteiger partial charge in [-0.2, -0.15) is 0 Å². The van der Waals surface area contributed by atoms with Crippen molar-refractivity contribution in [2.75, 3.05) is 0 Å². The van der Waals surface area contributed by atoms with Crippen molar-refractivity contribution in [2.45, 2.75) is 26.4 Å². The molecule has 0 saturated heterocycles. The number of halogens is 2. The molecule has 0 unspecified atom stereocenters. The largest absolute Gasteiger partial charge is 0.324 e. The molecule has 4 nitrogen and oxygen atoms in total. The van der Waals surface area contributed by atoms with Gasteiger partial charge in [-0.15, -0.1) is 10.2 Å². The standard InChI is InChI=1S/C12H14Cl2N4/c1-7(2)18-10(6-15)16-17-12(18)8-4-3-5-9(13)11(8)14/h3-5,7H,6,15H2,1-2H3. The van der Waals surface area contributed by atoms with E-state index in [4.69, 9.17) is 28.9 Å². The molecule has 0 aliphatic heterocycles. The molecule has 96 valence electrons. The highest BCUT2D eigenvalue weighted by molar-refractivity contribution is 6.43. The minimum Gasteiger partial charge on any atom is -0.324 e. The first kappa shape index (κ1) is 13.3. The molecule has 2 N–H and O–H groups in total. The zero-order valence-electron chi connectivity index (χ0n) is 10.2. The van der Waals surface area contributed by atoms with Crippen molar-refractivity contribution in [1.82, 2.24) is 14.8 Å². The molecule has 0 spiro atoms. The monoisotopic (exact) mass is 284 g/mol. The highest BCUT2D eigenvalue weighted by Gasteiger charge is 2.18. The molecule has 6 heteroatoms. The fraction of sp³-hybridized carbons (Fsp3) is 0.333. The third-order valence-electron chi connectivity index (χ3n) is 2.66. The number of aromatic nitrogens is 3. The molecule has 1 heterocycles. The van der Waals surface area contributed by atoms with E-state index in [9.17, 15) is 0 Å². The molecule has 0 amide bonds. The van der Waals surface area contributed by atoms with E-state index >= 15 is 0 Å². The van der Waals surface area contributed by atoms with Crippen LogP contribution in [0, 0.1) is 0 Å². The van der Waals surface area contributed by atoms with Gasteiger partial charge in [0.05, 0.1) is 16.6 Å². The molecule has 0 radical (unpaired) electrons. The van der Waals surface area contributed by atoms with E-state index in [1.54, 1.807) is 6.07 Å². The second kappa shape index (κ2) is 5.26. The predicted molar refractivity (Wildman–Crippen MR) is 73.8 cm³/mol. The van der Waals surface area contributed by atoms with Gasteiger partial charge in [-0.3, -0.25) is 0 Å². The van der Waals surface area contributed by atoms with Crippen molar-refractivity contribution in [1.29, 1.82) is 0 Å². The van der Waals surface area contributed by atoms with E-state index in [0.29, 0.717) is 22.4 Å². The molecule has 1 aromatic heterocycles. The van der Waals surface area contributed by atoms with Gasteiger partial charge in [0, 0.05) is 11.6 Å². The highest BCUT2D eigenvalue weighted by Crippen LogP contribution is 2.33. The minimum atomic E-state index is 0.198. The van der Waals surface area contributed by atoms with Crippen molar-refractivity contribution in [3.63, 3.8) is 0 Å². The van der Waals surface area contributed by atoms with Crippen LogP contribution in [0.15, 0.2) is 18.2 Å². The molecule has 0 bridgehead atoms. The summed E-state index contributed by atoms with van der Waals surface area (Å²) in [5.41, 5.74) is 6.43. The summed E-state index contributed by atoms with van der Waals surface area (Å²) in [4.78, 5) is 0. The smallest absolute Gasteiger partial charge is 0.165 e. The number of nitrogens with zero attached hydrogens (tertiary/aromatic N) is 3. The molecule has 0 fully saturated rings. The molecule has 18 heavy (non-hydrogen) atoms. The molecule has 2 rings (SSSR count). The second-order valence-corrected chi connectivity index (χ2v) is 4.99. The van der Waals surface area contributed by atoms with E-state index in [-0.39, 0.29) is 6.04 Å². The summed E-state index contributed by atoms with van der Waals surface area (Å²) in [6.45, 7) is 4.43. The lowest BCUT2D eigenvalue weighted by Gasteiger charge is -2.14. The molecule has 2 aromatic rings. The van der Waals surface area contributed by atoms with Crippen LogP contribution in [0.1, 0.15) is 25.7 Å². The molecular formula is C12H14Cl2N4. The Labute approximate surface area is 116 Å². The topological polar surface area (TPSA) is 56.7 Å². The van der Waals surface area contributed by atoms with Gasteiger partial charge in [0.15, 0.2) is 5.82 Å². The van der Waals surface area contributed by atoms with Gasteiger partial charge in [-0.1, -0.05) is 29.3 Å². The molecule has 0 saturated carbocycles. The Morgan fingerprint density at radius 2 is 2.00 bits per heavy atom. The zero-order chi connectivity index (χ0) is 13.3. The Hall–Kier alpha value is -1.10. The molecule has 0 aliphatic carbocycles. The second-order valence-electron chi connectivity index (χ2n) is 4.21. The summed E-state index contributed by atoms with van der Waals surface area (Å²) in [5, 5.41) is 9.24. The van der Waals surface area contributed by atoms with Crippen LogP contribution in [0.2, 0.25) is 10.0 Å². The van der Waals surface area contributed by atoms with Gasteiger partial charge in [-0.25, -0.2) is 0 Å². The first-order valence-electron chi connectivity index (χ1n) is 5.64. The van der Waals surface area contributed by atoms with Crippen LogP contribution in [-0.2, 0) is 6.54 Å². The first-order chi connectivity index (χ1) is 8.56. The van der Waals surface area contributed by atoms with Crippen LogP contribution in [0.4, 0.5) is 0 Å². The maximum absolute atomic E-state index is 6.21. The number of nitrogens with two attached hydrogens (primary N) is 1. The van der Waals surface area contributed by atoms with Crippen LogP contribution in [0.25, 0.3) is 11.4 Å². The van der Waals surface area contributed by atoms with Crippen molar-refractivity contribution in [3.05, 3.63) is 34.1 Å². The first-order valence-corrected chi connectivity index (χ1v) is 6.40. The van der Waals surface area contributed by atoms with Gasteiger partial charge in [0.2, 0.25) is 0 Å². The number of rotatable bonds is 3. The Morgan fingerprint density at radius 1 is 1.28 bits per heavy atom. The quantitative estimate of drug-likeness (QED) is 0.941. The summed E-state index contributed by atoms with van der Waals surface area (Å²) in [6, 6.07) is 5.65. The SMILES string of the molecule is CC(C)n1c(CN)nnc1-c1cccc(Cl)c1Cl. The lowest BCUT2D eigenvalue weighted by molar-refractivity contribution is 0.574. The van der Waals surface area contributed by atoms with Crippen LogP contribution < -0.4 is 5.73 Å². The Balaban J connectivity index is 2.64. The summed E-state index contributed by atoms with van der Waals surface area (Å²) in [6.07, 6.45) is 0.